The molecular formula is C27H24F2N2O. The van der Waals surface area contributed by atoms with E-state index in [1.165, 1.54) is 12.1 Å². The van der Waals surface area contributed by atoms with Gasteiger partial charge in [0, 0.05) is 37.1 Å². The maximum atomic E-state index is 14.5. The van der Waals surface area contributed by atoms with E-state index in [1.807, 2.05) is 54.6 Å². The van der Waals surface area contributed by atoms with Gasteiger partial charge < -0.3 is 9.30 Å². The Morgan fingerprint density at radius 3 is 2.53 bits per heavy atom. The predicted octanol–water partition coefficient (Wildman–Crippen LogP) is 6.55. The number of fused-ring (bicyclic) bond motifs is 1. The van der Waals surface area contributed by atoms with Gasteiger partial charge in [0.15, 0.2) is 0 Å². The van der Waals surface area contributed by atoms with Crippen molar-refractivity contribution in [1.29, 1.82) is 0 Å². The first-order valence-electron chi connectivity index (χ1n) is 10.8. The Hall–Kier alpha value is -3.44. The molecule has 0 spiro atoms. The first-order valence-corrected chi connectivity index (χ1v) is 10.8. The highest BCUT2D eigenvalue weighted by Gasteiger charge is 2.28. The van der Waals surface area contributed by atoms with E-state index in [9.17, 15) is 8.78 Å². The van der Waals surface area contributed by atoms with Crippen molar-refractivity contribution in [1.82, 2.24) is 9.47 Å². The van der Waals surface area contributed by atoms with Gasteiger partial charge in [-0.15, -0.1) is 0 Å². The summed E-state index contributed by atoms with van der Waals surface area (Å²) in [5, 5.41) is 0. The maximum absolute atomic E-state index is 14.5. The van der Waals surface area contributed by atoms with Crippen LogP contribution in [-0.2, 0) is 13.1 Å². The van der Waals surface area contributed by atoms with Crippen LogP contribution in [0.2, 0.25) is 0 Å². The summed E-state index contributed by atoms with van der Waals surface area (Å²) < 4.78 is 36.6. The first kappa shape index (κ1) is 20.5. The van der Waals surface area contributed by atoms with Gasteiger partial charge in [0.2, 0.25) is 0 Å². The summed E-state index contributed by atoms with van der Waals surface area (Å²) in [6.07, 6.45) is 3.01. The van der Waals surface area contributed by atoms with Crippen LogP contribution in [0.4, 0.5) is 8.78 Å². The van der Waals surface area contributed by atoms with E-state index < -0.39 is 5.82 Å². The molecule has 1 aliphatic heterocycles. The van der Waals surface area contributed by atoms with Gasteiger partial charge in [-0.3, -0.25) is 4.90 Å². The number of para-hydroxylation sites is 1. The van der Waals surface area contributed by atoms with E-state index in [1.54, 1.807) is 0 Å². The molecule has 5 heteroatoms. The molecule has 32 heavy (non-hydrogen) atoms. The van der Waals surface area contributed by atoms with Crippen LogP contribution >= 0.6 is 0 Å². The number of benzene rings is 3. The van der Waals surface area contributed by atoms with Crippen molar-refractivity contribution in [3.63, 3.8) is 0 Å². The summed E-state index contributed by atoms with van der Waals surface area (Å²) in [6.45, 7) is 1.98. The highest BCUT2D eigenvalue weighted by Crippen LogP contribution is 2.35. The zero-order valence-electron chi connectivity index (χ0n) is 17.6. The molecule has 4 aromatic rings. The third-order valence-electron chi connectivity index (χ3n) is 5.89. The van der Waals surface area contributed by atoms with Crippen molar-refractivity contribution in [3.05, 3.63) is 120 Å². The van der Waals surface area contributed by atoms with Crippen molar-refractivity contribution in [3.8, 4) is 11.5 Å². The van der Waals surface area contributed by atoms with E-state index in [0.717, 1.165) is 48.3 Å². The minimum absolute atomic E-state index is 0.102. The zero-order chi connectivity index (χ0) is 21.9. The second kappa shape index (κ2) is 8.97. The Balaban J connectivity index is 1.52. The van der Waals surface area contributed by atoms with Crippen molar-refractivity contribution in [2.75, 3.05) is 6.54 Å². The predicted molar refractivity (Wildman–Crippen MR) is 121 cm³/mol. The van der Waals surface area contributed by atoms with Gasteiger partial charge in [0.05, 0.1) is 6.04 Å². The minimum Gasteiger partial charge on any atom is -0.457 e. The highest BCUT2D eigenvalue weighted by atomic mass is 19.1. The fourth-order valence-corrected chi connectivity index (χ4v) is 4.45. The number of aromatic nitrogens is 1. The molecule has 1 aliphatic rings. The van der Waals surface area contributed by atoms with Gasteiger partial charge in [-0.25, -0.2) is 8.78 Å². The molecule has 0 fully saturated rings. The van der Waals surface area contributed by atoms with Gasteiger partial charge >= 0.3 is 0 Å². The molecule has 0 N–H and O–H groups in total. The quantitative estimate of drug-likeness (QED) is 0.357. The van der Waals surface area contributed by atoms with Crippen LogP contribution in [-0.4, -0.2) is 16.0 Å². The van der Waals surface area contributed by atoms with Crippen LogP contribution < -0.4 is 4.74 Å². The lowest BCUT2D eigenvalue weighted by Crippen LogP contribution is -2.30. The van der Waals surface area contributed by atoms with Crippen LogP contribution in [0.1, 0.15) is 29.3 Å². The molecule has 0 radical (unpaired) electrons. The Kier molecular flexibility index (Phi) is 5.73. The summed E-state index contributed by atoms with van der Waals surface area (Å²) in [4.78, 5) is 2.22. The molecule has 3 aromatic carbocycles. The standard InChI is InChI=1S/C27H24F2N2O/c28-22-12-13-25(29)21(17-22)19-31-16-6-15-30-14-5-11-26(30)27(31)20-7-4-10-24(18-20)32-23-8-2-1-3-9-23/h1-5,7-14,17-18,27H,6,15-16,19H2/t27-/m1/s1. The monoisotopic (exact) mass is 430 g/mol. The van der Waals surface area contributed by atoms with E-state index in [2.05, 4.69) is 27.8 Å². The molecule has 0 aliphatic carbocycles. The lowest BCUT2D eigenvalue weighted by molar-refractivity contribution is 0.217. The third kappa shape index (κ3) is 4.30. The lowest BCUT2D eigenvalue weighted by Gasteiger charge is -2.31. The topological polar surface area (TPSA) is 17.4 Å². The van der Waals surface area contributed by atoms with E-state index in [4.69, 9.17) is 4.74 Å². The van der Waals surface area contributed by atoms with Crippen LogP contribution in [0.3, 0.4) is 0 Å². The molecule has 162 valence electrons. The number of aryl methyl sites for hydroxylation is 1. The number of hydrogen-bond acceptors (Lipinski definition) is 2. The Morgan fingerprint density at radius 1 is 0.812 bits per heavy atom. The molecule has 0 amide bonds. The fraction of sp³-hybridized carbons (Fsp3) is 0.185. The van der Waals surface area contributed by atoms with E-state index in [0.29, 0.717) is 12.1 Å². The number of nitrogens with zero attached hydrogens (tertiary/aromatic N) is 2. The van der Waals surface area contributed by atoms with Crippen molar-refractivity contribution < 1.29 is 13.5 Å². The molecule has 1 aromatic heterocycles. The van der Waals surface area contributed by atoms with Crippen molar-refractivity contribution in [2.24, 2.45) is 0 Å². The minimum atomic E-state index is -0.422. The van der Waals surface area contributed by atoms with E-state index >= 15 is 0 Å². The SMILES string of the molecule is Fc1ccc(F)c(CN2CCCn3cccc3[C@H]2c2cccc(Oc3ccccc3)c2)c1. The van der Waals surface area contributed by atoms with Gasteiger partial charge in [-0.05, 0) is 66.6 Å². The largest absolute Gasteiger partial charge is 0.457 e. The smallest absolute Gasteiger partial charge is 0.127 e. The van der Waals surface area contributed by atoms with Crippen molar-refractivity contribution in [2.45, 2.75) is 25.6 Å². The summed E-state index contributed by atoms with van der Waals surface area (Å²) in [6, 6.07) is 25.4. The first-order chi connectivity index (χ1) is 15.7. The van der Waals surface area contributed by atoms with Gasteiger partial charge in [0.1, 0.15) is 23.1 Å². The van der Waals surface area contributed by atoms with Crippen LogP contribution in [0.25, 0.3) is 0 Å². The van der Waals surface area contributed by atoms with Gasteiger partial charge in [-0.2, -0.15) is 0 Å². The summed E-state index contributed by atoms with van der Waals surface area (Å²) >= 11 is 0. The van der Waals surface area contributed by atoms with Gasteiger partial charge in [0.25, 0.3) is 0 Å². The number of ether oxygens (including phenoxy) is 1. The van der Waals surface area contributed by atoms with Crippen LogP contribution in [0.15, 0.2) is 91.1 Å². The van der Waals surface area contributed by atoms with Crippen LogP contribution in [0, 0.1) is 11.6 Å². The molecule has 0 saturated heterocycles. The third-order valence-corrected chi connectivity index (χ3v) is 5.89. The maximum Gasteiger partial charge on any atom is 0.127 e. The van der Waals surface area contributed by atoms with Crippen molar-refractivity contribution >= 4 is 0 Å². The van der Waals surface area contributed by atoms with Crippen LogP contribution in [0.5, 0.6) is 11.5 Å². The molecule has 0 unspecified atom stereocenters. The Morgan fingerprint density at radius 2 is 1.66 bits per heavy atom. The normalized spacial score (nSPS) is 16.4. The summed E-state index contributed by atoms with van der Waals surface area (Å²) in [7, 11) is 0. The molecular weight excluding hydrogens is 406 g/mol. The molecule has 0 bridgehead atoms. The second-order valence-corrected chi connectivity index (χ2v) is 8.08. The van der Waals surface area contributed by atoms with Gasteiger partial charge in [-0.1, -0.05) is 30.3 Å². The fourth-order valence-electron chi connectivity index (χ4n) is 4.45. The average molecular weight is 430 g/mol. The molecule has 2 heterocycles. The molecule has 0 saturated carbocycles. The Labute approximate surface area is 186 Å². The summed E-state index contributed by atoms with van der Waals surface area (Å²) in [5.41, 5.74) is 2.56. The second-order valence-electron chi connectivity index (χ2n) is 8.08. The average Bonchev–Trinajstić information content (AvgIpc) is 3.18. The van der Waals surface area contributed by atoms with E-state index in [-0.39, 0.29) is 11.9 Å². The zero-order valence-corrected chi connectivity index (χ0v) is 17.6. The highest BCUT2D eigenvalue weighted by molar-refractivity contribution is 5.38. The summed E-state index contributed by atoms with van der Waals surface area (Å²) in [5.74, 6) is 0.709. The number of halogens is 2. The Bertz CT molecular complexity index is 1210. The molecule has 5 rings (SSSR count). The number of rotatable bonds is 5. The molecule has 3 nitrogen and oxygen atoms in total. The lowest BCUT2D eigenvalue weighted by atomic mass is 10.0. The number of hydrogen-bond donors (Lipinski definition) is 0. The molecule has 1 atom stereocenters.